The highest BCUT2D eigenvalue weighted by atomic mass is 32.1. The normalized spacial score (nSPS) is 15.3. The van der Waals surface area contributed by atoms with Crippen LogP contribution in [0.2, 0.25) is 0 Å². The standard InChI is InChI=1S/C8H10O4S/c9-2-6-1-5(4-13-6)8(12)7(11)3-10/h1-2,4,7-8,10-12H,3H2. The fourth-order valence-corrected chi connectivity index (χ4v) is 1.65. The van der Waals surface area contributed by atoms with E-state index in [0.717, 1.165) is 0 Å². The lowest BCUT2D eigenvalue weighted by Crippen LogP contribution is -2.21. The van der Waals surface area contributed by atoms with Gasteiger partial charge in [0.15, 0.2) is 6.29 Å². The van der Waals surface area contributed by atoms with E-state index >= 15 is 0 Å². The van der Waals surface area contributed by atoms with Crippen LogP contribution < -0.4 is 0 Å². The molecule has 0 spiro atoms. The highest BCUT2D eigenvalue weighted by molar-refractivity contribution is 7.11. The molecule has 2 atom stereocenters. The van der Waals surface area contributed by atoms with Crippen molar-refractivity contribution in [3.05, 3.63) is 21.9 Å². The Morgan fingerprint density at radius 3 is 2.69 bits per heavy atom. The Morgan fingerprint density at radius 2 is 2.23 bits per heavy atom. The lowest BCUT2D eigenvalue weighted by atomic mass is 10.1. The molecule has 0 aliphatic heterocycles. The van der Waals surface area contributed by atoms with Crippen LogP contribution in [0.1, 0.15) is 21.3 Å². The van der Waals surface area contributed by atoms with E-state index in [-0.39, 0.29) is 0 Å². The van der Waals surface area contributed by atoms with Crippen LogP contribution in [-0.2, 0) is 0 Å². The van der Waals surface area contributed by atoms with E-state index in [1.54, 1.807) is 5.38 Å². The van der Waals surface area contributed by atoms with Crippen LogP contribution in [0.4, 0.5) is 0 Å². The van der Waals surface area contributed by atoms with Crippen molar-refractivity contribution in [3.8, 4) is 0 Å². The Morgan fingerprint density at radius 1 is 1.54 bits per heavy atom. The zero-order valence-corrected chi connectivity index (χ0v) is 7.57. The largest absolute Gasteiger partial charge is 0.394 e. The van der Waals surface area contributed by atoms with E-state index < -0.39 is 18.8 Å². The zero-order valence-electron chi connectivity index (χ0n) is 6.75. The lowest BCUT2D eigenvalue weighted by molar-refractivity contribution is -0.0150. The summed E-state index contributed by atoms with van der Waals surface area (Å²) in [4.78, 5) is 10.8. The highest BCUT2D eigenvalue weighted by Crippen LogP contribution is 2.22. The van der Waals surface area contributed by atoms with Gasteiger partial charge in [-0.15, -0.1) is 11.3 Å². The third-order valence-electron chi connectivity index (χ3n) is 1.65. The summed E-state index contributed by atoms with van der Waals surface area (Å²) < 4.78 is 0. The van der Waals surface area contributed by atoms with Crippen molar-refractivity contribution in [2.45, 2.75) is 12.2 Å². The first-order chi connectivity index (χ1) is 6.19. The van der Waals surface area contributed by atoms with E-state index in [4.69, 9.17) is 10.2 Å². The molecule has 0 aromatic carbocycles. The van der Waals surface area contributed by atoms with Crippen molar-refractivity contribution < 1.29 is 20.1 Å². The maximum atomic E-state index is 10.3. The smallest absolute Gasteiger partial charge is 0.160 e. The Balaban J connectivity index is 2.76. The SMILES string of the molecule is O=Cc1cc(C(O)C(O)CO)cs1. The molecule has 1 aromatic rings. The predicted octanol–water partition coefficient (Wildman–Crippen LogP) is -0.0528. The molecule has 0 radical (unpaired) electrons. The van der Waals surface area contributed by atoms with Gasteiger partial charge in [0, 0.05) is 0 Å². The Labute approximate surface area is 79.1 Å². The van der Waals surface area contributed by atoms with Gasteiger partial charge in [0.2, 0.25) is 0 Å². The van der Waals surface area contributed by atoms with Crippen LogP contribution in [0.15, 0.2) is 11.4 Å². The van der Waals surface area contributed by atoms with Crippen molar-refractivity contribution in [1.82, 2.24) is 0 Å². The number of aliphatic hydroxyl groups excluding tert-OH is 3. The fraction of sp³-hybridized carbons (Fsp3) is 0.375. The van der Waals surface area contributed by atoms with Crippen LogP contribution in [-0.4, -0.2) is 34.3 Å². The first kappa shape index (κ1) is 10.3. The average Bonchev–Trinajstić information content (AvgIpc) is 2.63. The number of aldehydes is 1. The van der Waals surface area contributed by atoms with E-state index in [9.17, 15) is 9.90 Å². The van der Waals surface area contributed by atoms with Gasteiger partial charge in [-0.3, -0.25) is 4.79 Å². The van der Waals surface area contributed by atoms with Crippen LogP contribution in [0.5, 0.6) is 0 Å². The second-order valence-corrected chi connectivity index (χ2v) is 3.54. The Bertz CT molecular complexity index is 283. The summed E-state index contributed by atoms with van der Waals surface area (Å²) >= 11 is 1.18. The van der Waals surface area contributed by atoms with Crippen molar-refractivity contribution in [3.63, 3.8) is 0 Å². The molecular formula is C8H10O4S. The minimum absolute atomic E-state index is 0.452. The topological polar surface area (TPSA) is 77.8 Å². The first-order valence-corrected chi connectivity index (χ1v) is 4.57. The van der Waals surface area contributed by atoms with E-state index in [1.165, 1.54) is 17.4 Å². The molecule has 0 aliphatic rings. The quantitative estimate of drug-likeness (QED) is 0.598. The summed E-state index contributed by atoms with van der Waals surface area (Å²) in [6, 6.07) is 1.49. The van der Waals surface area contributed by atoms with Crippen molar-refractivity contribution in [1.29, 1.82) is 0 Å². The van der Waals surface area contributed by atoms with Crippen molar-refractivity contribution in [2.24, 2.45) is 0 Å². The van der Waals surface area contributed by atoms with E-state index in [0.29, 0.717) is 16.7 Å². The number of hydrogen-bond donors (Lipinski definition) is 3. The number of hydrogen-bond acceptors (Lipinski definition) is 5. The average molecular weight is 202 g/mol. The summed E-state index contributed by atoms with van der Waals surface area (Å²) in [5.74, 6) is 0. The molecule has 0 fully saturated rings. The van der Waals surface area contributed by atoms with Gasteiger partial charge >= 0.3 is 0 Å². The van der Waals surface area contributed by atoms with Gasteiger partial charge in [-0.05, 0) is 17.0 Å². The molecule has 0 saturated heterocycles. The van der Waals surface area contributed by atoms with Gasteiger partial charge < -0.3 is 15.3 Å². The third-order valence-corrected chi connectivity index (χ3v) is 2.53. The van der Waals surface area contributed by atoms with Crippen molar-refractivity contribution >= 4 is 17.6 Å². The molecule has 13 heavy (non-hydrogen) atoms. The van der Waals surface area contributed by atoms with Crippen molar-refractivity contribution in [2.75, 3.05) is 6.61 Å². The molecular weight excluding hydrogens is 192 g/mol. The molecule has 4 nitrogen and oxygen atoms in total. The molecule has 0 saturated carbocycles. The van der Waals surface area contributed by atoms with Crippen LogP contribution >= 0.6 is 11.3 Å². The summed E-state index contributed by atoms with van der Waals surface area (Å²) in [5, 5.41) is 28.6. The molecule has 5 heteroatoms. The third kappa shape index (κ3) is 2.35. The summed E-state index contributed by atoms with van der Waals surface area (Å²) in [5.41, 5.74) is 0.452. The molecule has 0 bridgehead atoms. The molecule has 1 aromatic heterocycles. The van der Waals surface area contributed by atoms with Gasteiger partial charge in [0.25, 0.3) is 0 Å². The maximum absolute atomic E-state index is 10.3. The molecule has 0 aliphatic carbocycles. The van der Waals surface area contributed by atoms with E-state index in [2.05, 4.69) is 0 Å². The van der Waals surface area contributed by atoms with Gasteiger partial charge in [0.1, 0.15) is 12.2 Å². The molecule has 0 amide bonds. The fourth-order valence-electron chi connectivity index (χ4n) is 0.907. The monoisotopic (exact) mass is 202 g/mol. The minimum atomic E-state index is -1.20. The molecule has 72 valence electrons. The van der Waals surface area contributed by atoms with Gasteiger partial charge in [-0.1, -0.05) is 0 Å². The molecule has 1 heterocycles. The van der Waals surface area contributed by atoms with E-state index in [1.807, 2.05) is 0 Å². The second-order valence-electron chi connectivity index (χ2n) is 2.60. The van der Waals surface area contributed by atoms with Gasteiger partial charge in [-0.25, -0.2) is 0 Å². The number of carbonyl (C=O) groups is 1. The first-order valence-electron chi connectivity index (χ1n) is 3.69. The predicted molar refractivity (Wildman–Crippen MR) is 47.8 cm³/mol. The minimum Gasteiger partial charge on any atom is -0.394 e. The summed E-state index contributed by atoms with van der Waals surface area (Å²) in [7, 11) is 0. The van der Waals surface area contributed by atoms with Crippen LogP contribution in [0.25, 0.3) is 0 Å². The van der Waals surface area contributed by atoms with Gasteiger partial charge in [-0.2, -0.15) is 0 Å². The molecule has 2 unspecified atom stereocenters. The Hall–Kier alpha value is -0.750. The number of aliphatic hydroxyl groups is 3. The lowest BCUT2D eigenvalue weighted by Gasteiger charge is -2.13. The Kier molecular flexibility index (Phi) is 3.56. The zero-order chi connectivity index (χ0) is 9.84. The summed E-state index contributed by atoms with van der Waals surface area (Å²) in [6.07, 6.45) is -1.66. The number of carbonyl (C=O) groups excluding carboxylic acids is 1. The van der Waals surface area contributed by atoms with Gasteiger partial charge in [0.05, 0.1) is 11.5 Å². The van der Waals surface area contributed by atoms with Crippen LogP contribution in [0.3, 0.4) is 0 Å². The molecule has 3 N–H and O–H groups in total. The maximum Gasteiger partial charge on any atom is 0.160 e. The second kappa shape index (κ2) is 4.48. The molecule has 1 rings (SSSR count). The van der Waals surface area contributed by atoms with Crippen LogP contribution in [0, 0.1) is 0 Å². The summed E-state index contributed by atoms with van der Waals surface area (Å²) in [6.45, 7) is -0.507. The highest BCUT2D eigenvalue weighted by Gasteiger charge is 2.18. The number of thiophene rings is 1. The number of rotatable bonds is 4.